The van der Waals surface area contributed by atoms with Gasteiger partial charge in [-0.05, 0) is 49.5 Å². The smallest absolute Gasteiger partial charge is 0.255 e. The molecule has 1 aromatic carbocycles. The lowest BCUT2D eigenvalue weighted by Gasteiger charge is -2.29. The second kappa shape index (κ2) is 14.1. The van der Waals surface area contributed by atoms with E-state index in [2.05, 4.69) is 10.6 Å². The molecule has 10 heteroatoms. The van der Waals surface area contributed by atoms with Crippen LogP contribution in [0.2, 0.25) is 0 Å². The number of rotatable bonds is 16. The second-order valence-electron chi connectivity index (χ2n) is 8.40. The van der Waals surface area contributed by atoms with Crippen molar-refractivity contribution in [3.05, 3.63) is 34.9 Å². The summed E-state index contributed by atoms with van der Waals surface area (Å²) in [7, 11) is 0. The van der Waals surface area contributed by atoms with E-state index in [1.807, 2.05) is 18.2 Å². The van der Waals surface area contributed by atoms with Gasteiger partial charge in [0.25, 0.3) is 5.91 Å². The molecule has 1 aromatic rings. The van der Waals surface area contributed by atoms with Gasteiger partial charge in [0.2, 0.25) is 11.8 Å². The number of carbonyl (C=O) groups excluding carboxylic acids is 3. The van der Waals surface area contributed by atoms with E-state index in [-0.39, 0.29) is 24.1 Å². The number of hydrogen-bond donors (Lipinski definition) is 3. The summed E-state index contributed by atoms with van der Waals surface area (Å²) in [5.74, 6) is -0.818. The first kappa shape index (κ1) is 26.2. The van der Waals surface area contributed by atoms with Crippen molar-refractivity contribution in [2.24, 2.45) is 5.73 Å². The summed E-state index contributed by atoms with van der Waals surface area (Å²) in [5, 5.41) is 5.69. The zero-order chi connectivity index (χ0) is 24.2. The van der Waals surface area contributed by atoms with E-state index in [1.54, 1.807) is 4.90 Å². The molecule has 0 aromatic heterocycles. The van der Waals surface area contributed by atoms with E-state index in [0.29, 0.717) is 71.3 Å². The lowest BCUT2D eigenvalue weighted by molar-refractivity contribution is -0.136. The maximum absolute atomic E-state index is 12.9. The van der Waals surface area contributed by atoms with Gasteiger partial charge in [-0.15, -0.1) is 0 Å². The van der Waals surface area contributed by atoms with Gasteiger partial charge in [0.1, 0.15) is 6.04 Å². The molecule has 2 aliphatic rings. The SMILES string of the molecule is NCCCOCCOCCOCCCNCc1ccc2c(c1)C(=O)N(C1CCC(=O)NC1=O)C2. The molecule has 3 rings (SSSR count). The number of imide groups is 1. The summed E-state index contributed by atoms with van der Waals surface area (Å²) in [6, 6.07) is 5.26. The van der Waals surface area contributed by atoms with Crippen molar-refractivity contribution in [2.45, 2.75) is 44.8 Å². The molecular weight excluding hydrogens is 440 g/mol. The molecule has 0 spiro atoms. The Morgan fingerprint density at radius 2 is 1.71 bits per heavy atom. The maximum atomic E-state index is 12.9. The number of nitrogens with two attached hydrogens (primary N) is 1. The molecule has 2 heterocycles. The van der Waals surface area contributed by atoms with Gasteiger partial charge in [0.15, 0.2) is 0 Å². The summed E-state index contributed by atoms with van der Waals surface area (Å²) in [4.78, 5) is 38.0. The Morgan fingerprint density at radius 3 is 2.41 bits per heavy atom. The molecule has 2 aliphatic heterocycles. The van der Waals surface area contributed by atoms with Gasteiger partial charge < -0.3 is 30.2 Å². The maximum Gasteiger partial charge on any atom is 0.255 e. The fourth-order valence-corrected chi connectivity index (χ4v) is 3.97. The molecular formula is C24H36N4O6. The van der Waals surface area contributed by atoms with E-state index in [1.165, 1.54) is 0 Å². The number of hydrogen-bond acceptors (Lipinski definition) is 8. The van der Waals surface area contributed by atoms with Crippen LogP contribution in [0.25, 0.3) is 0 Å². The van der Waals surface area contributed by atoms with Crippen LogP contribution in [-0.4, -0.2) is 81.4 Å². The molecule has 0 saturated carbocycles. The molecule has 1 unspecified atom stereocenters. The van der Waals surface area contributed by atoms with Crippen LogP contribution in [0.3, 0.4) is 0 Å². The molecule has 1 atom stereocenters. The first-order chi connectivity index (χ1) is 16.6. The van der Waals surface area contributed by atoms with Crippen LogP contribution in [0.5, 0.6) is 0 Å². The molecule has 0 radical (unpaired) electrons. The van der Waals surface area contributed by atoms with Crippen molar-refractivity contribution in [1.82, 2.24) is 15.5 Å². The highest BCUT2D eigenvalue weighted by Crippen LogP contribution is 2.28. The molecule has 10 nitrogen and oxygen atoms in total. The second-order valence-corrected chi connectivity index (χ2v) is 8.40. The van der Waals surface area contributed by atoms with Gasteiger partial charge in [-0.1, -0.05) is 12.1 Å². The van der Waals surface area contributed by atoms with Gasteiger partial charge in [-0.25, -0.2) is 0 Å². The van der Waals surface area contributed by atoms with Gasteiger partial charge in [0.05, 0.1) is 26.4 Å². The lowest BCUT2D eigenvalue weighted by atomic mass is 10.0. The molecule has 1 saturated heterocycles. The fourth-order valence-electron chi connectivity index (χ4n) is 3.97. The first-order valence-corrected chi connectivity index (χ1v) is 12.0. The Morgan fingerprint density at radius 1 is 1.00 bits per heavy atom. The normalized spacial score (nSPS) is 17.9. The number of amides is 3. The zero-order valence-corrected chi connectivity index (χ0v) is 19.7. The number of nitrogens with zero attached hydrogens (tertiary/aromatic N) is 1. The van der Waals surface area contributed by atoms with E-state index in [4.69, 9.17) is 19.9 Å². The van der Waals surface area contributed by atoms with Crippen LogP contribution in [0, 0.1) is 0 Å². The predicted molar refractivity (Wildman–Crippen MR) is 125 cm³/mol. The quantitative estimate of drug-likeness (QED) is 0.230. The zero-order valence-electron chi connectivity index (χ0n) is 19.7. The Balaban J connectivity index is 1.27. The van der Waals surface area contributed by atoms with Crippen molar-refractivity contribution >= 4 is 17.7 Å². The van der Waals surface area contributed by atoms with Crippen LogP contribution >= 0.6 is 0 Å². The minimum absolute atomic E-state index is 0.149. The third-order valence-electron chi connectivity index (χ3n) is 5.80. The molecule has 4 N–H and O–H groups in total. The molecule has 0 aliphatic carbocycles. The van der Waals surface area contributed by atoms with E-state index < -0.39 is 6.04 Å². The number of benzene rings is 1. The molecule has 1 fully saturated rings. The van der Waals surface area contributed by atoms with Crippen LogP contribution < -0.4 is 16.4 Å². The third kappa shape index (κ3) is 7.85. The third-order valence-corrected chi connectivity index (χ3v) is 5.80. The van der Waals surface area contributed by atoms with Gasteiger partial charge >= 0.3 is 0 Å². The predicted octanol–water partition coefficient (Wildman–Crippen LogP) is 0.326. The number of fused-ring (bicyclic) bond motifs is 1. The largest absolute Gasteiger partial charge is 0.379 e. The summed E-state index contributed by atoms with van der Waals surface area (Å²) in [6.07, 6.45) is 2.37. The highest BCUT2D eigenvalue weighted by molar-refractivity contribution is 6.05. The van der Waals surface area contributed by atoms with Crippen LogP contribution in [0.4, 0.5) is 0 Å². The Labute approximate surface area is 200 Å². The summed E-state index contributed by atoms with van der Waals surface area (Å²) >= 11 is 0. The average molecular weight is 477 g/mol. The Bertz CT molecular complexity index is 834. The Hall–Kier alpha value is -2.37. The molecule has 188 valence electrons. The fraction of sp³-hybridized carbons (Fsp3) is 0.625. The minimum atomic E-state index is -0.584. The highest BCUT2D eigenvalue weighted by atomic mass is 16.5. The van der Waals surface area contributed by atoms with Crippen LogP contribution in [0.1, 0.15) is 47.2 Å². The molecule has 0 bridgehead atoms. The topological polar surface area (TPSA) is 132 Å². The molecule has 34 heavy (non-hydrogen) atoms. The molecule has 3 amide bonds. The van der Waals surface area contributed by atoms with Crippen molar-refractivity contribution in [3.8, 4) is 0 Å². The number of nitrogens with one attached hydrogen (secondary N) is 2. The van der Waals surface area contributed by atoms with Crippen molar-refractivity contribution in [3.63, 3.8) is 0 Å². The van der Waals surface area contributed by atoms with E-state index >= 15 is 0 Å². The number of carbonyl (C=O) groups is 3. The monoisotopic (exact) mass is 476 g/mol. The summed E-state index contributed by atoms with van der Waals surface area (Å²) in [5.41, 5.74) is 7.96. The van der Waals surface area contributed by atoms with Crippen LogP contribution in [0.15, 0.2) is 18.2 Å². The standard InChI is InChI=1S/C24H36N4O6/c25-7-1-9-32-11-13-34-14-12-33-10-2-8-26-16-18-3-4-19-17-28(24(31)20(19)15-18)21-5-6-22(29)27-23(21)30/h3-4,15,21,26H,1-2,5-14,16-17,25H2,(H,27,29,30). The van der Waals surface area contributed by atoms with Gasteiger partial charge in [-0.2, -0.15) is 0 Å². The highest BCUT2D eigenvalue weighted by Gasteiger charge is 2.39. The van der Waals surface area contributed by atoms with Crippen molar-refractivity contribution in [2.75, 3.05) is 52.7 Å². The summed E-state index contributed by atoms with van der Waals surface area (Å²) in [6.45, 7) is 6.04. The Kier molecular flexibility index (Phi) is 10.9. The van der Waals surface area contributed by atoms with Crippen molar-refractivity contribution < 1.29 is 28.6 Å². The summed E-state index contributed by atoms with van der Waals surface area (Å²) < 4.78 is 16.4. The average Bonchev–Trinajstić information content (AvgIpc) is 3.15. The number of piperidine rings is 1. The van der Waals surface area contributed by atoms with Crippen LogP contribution in [-0.2, 0) is 36.9 Å². The van der Waals surface area contributed by atoms with E-state index in [9.17, 15) is 14.4 Å². The van der Waals surface area contributed by atoms with Crippen molar-refractivity contribution in [1.29, 1.82) is 0 Å². The minimum Gasteiger partial charge on any atom is -0.379 e. The first-order valence-electron chi connectivity index (χ1n) is 12.0. The van der Waals surface area contributed by atoms with Gasteiger partial charge in [0, 0.05) is 38.3 Å². The van der Waals surface area contributed by atoms with Gasteiger partial charge in [-0.3, -0.25) is 19.7 Å². The van der Waals surface area contributed by atoms with E-state index in [0.717, 1.165) is 30.5 Å². The lowest BCUT2D eigenvalue weighted by Crippen LogP contribution is -2.52. The number of ether oxygens (including phenoxy) is 3.